The maximum absolute atomic E-state index is 10.0. The summed E-state index contributed by atoms with van der Waals surface area (Å²) < 4.78 is 0. The Morgan fingerprint density at radius 1 is 0.804 bits per heavy atom. The molecule has 2 aromatic carbocycles. The van der Waals surface area contributed by atoms with Crippen LogP contribution in [0.1, 0.15) is 36.8 Å². The van der Waals surface area contributed by atoms with Crippen LogP contribution in [0, 0.1) is 69.1 Å². The van der Waals surface area contributed by atoms with Gasteiger partial charge in [-0.1, -0.05) is 85.0 Å². The molecule has 7 nitrogen and oxygen atoms in total. The molecule has 0 amide bonds. The van der Waals surface area contributed by atoms with Gasteiger partial charge in [-0.3, -0.25) is 0 Å². The van der Waals surface area contributed by atoms with Crippen LogP contribution in [0.3, 0.4) is 0 Å². The molecule has 7 heteroatoms. The Hall–Kier alpha value is -6.64. The van der Waals surface area contributed by atoms with Crippen LogP contribution in [0.25, 0.3) is 16.0 Å². The third kappa shape index (κ3) is 7.46. The van der Waals surface area contributed by atoms with Crippen LogP contribution in [0.4, 0.5) is 0 Å². The van der Waals surface area contributed by atoms with E-state index < -0.39 is 5.92 Å². The van der Waals surface area contributed by atoms with Crippen molar-refractivity contribution in [1.82, 2.24) is 4.90 Å². The van der Waals surface area contributed by atoms with Crippen molar-refractivity contribution in [1.29, 1.82) is 26.3 Å². The lowest BCUT2D eigenvalue weighted by molar-refractivity contribution is 0.434. The minimum atomic E-state index is -1.08. The molecule has 46 heavy (non-hydrogen) atoms. The number of benzene rings is 2. The molecule has 0 N–H and O–H groups in total. The molecular formula is C39H29N7. The smallest absolute Gasteiger partial charge is 0.270 e. The van der Waals surface area contributed by atoms with Gasteiger partial charge >= 0.3 is 0 Å². The lowest BCUT2D eigenvalue weighted by atomic mass is 9.90. The normalized spacial score (nSPS) is 16.8. The first kappa shape index (κ1) is 32.3. The first-order chi connectivity index (χ1) is 22.6. The Morgan fingerprint density at radius 2 is 1.46 bits per heavy atom. The highest BCUT2D eigenvalue weighted by Gasteiger charge is 2.25. The monoisotopic (exact) mass is 595 g/mol. The van der Waals surface area contributed by atoms with E-state index in [1.807, 2.05) is 60.7 Å². The van der Waals surface area contributed by atoms with Crippen molar-refractivity contribution in [2.75, 3.05) is 13.1 Å². The number of nitrogens with zero attached hydrogens (tertiary/aromatic N) is 7. The summed E-state index contributed by atoms with van der Waals surface area (Å²) in [4.78, 5) is 5.74. The van der Waals surface area contributed by atoms with Gasteiger partial charge in [0.15, 0.2) is 5.92 Å². The molecule has 2 aliphatic rings. The average molecular weight is 596 g/mol. The van der Waals surface area contributed by atoms with E-state index in [-0.39, 0.29) is 16.8 Å². The van der Waals surface area contributed by atoms with Crippen molar-refractivity contribution >= 4 is 11.1 Å². The van der Waals surface area contributed by atoms with Crippen LogP contribution in [0.5, 0.6) is 0 Å². The van der Waals surface area contributed by atoms with E-state index in [9.17, 15) is 26.3 Å². The number of hydrogen-bond acceptors (Lipinski definition) is 6. The third-order valence-electron chi connectivity index (χ3n) is 7.76. The minimum absolute atomic E-state index is 0.140. The number of rotatable bonds is 9. The first-order valence-electron chi connectivity index (χ1n) is 14.8. The number of nitriles is 5. The van der Waals surface area contributed by atoms with E-state index in [1.165, 1.54) is 0 Å². The lowest BCUT2D eigenvalue weighted by Crippen LogP contribution is -2.19. The fourth-order valence-corrected chi connectivity index (χ4v) is 5.68. The summed E-state index contributed by atoms with van der Waals surface area (Å²) in [7, 11) is 0. The van der Waals surface area contributed by atoms with Gasteiger partial charge in [-0.15, -0.1) is 0 Å². The quantitative estimate of drug-likeness (QED) is 0.164. The van der Waals surface area contributed by atoms with Gasteiger partial charge in [0.2, 0.25) is 0 Å². The third-order valence-corrected chi connectivity index (χ3v) is 7.76. The fraction of sp³-hybridized carbons (Fsp3) is 0.179. The van der Waals surface area contributed by atoms with E-state index in [1.54, 1.807) is 54.6 Å². The summed E-state index contributed by atoms with van der Waals surface area (Å²) in [6.45, 7) is 9.34. The van der Waals surface area contributed by atoms with Crippen LogP contribution in [0.15, 0.2) is 131 Å². The predicted molar refractivity (Wildman–Crippen MR) is 176 cm³/mol. The zero-order chi connectivity index (χ0) is 32.7. The Morgan fingerprint density at radius 3 is 2.02 bits per heavy atom. The molecule has 0 atom stereocenters. The molecule has 4 rings (SSSR count). The van der Waals surface area contributed by atoms with Crippen molar-refractivity contribution in [2.45, 2.75) is 25.7 Å². The maximum atomic E-state index is 10.0. The molecule has 1 aliphatic carbocycles. The second-order valence-corrected chi connectivity index (χ2v) is 10.5. The summed E-state index contributed by atoms with van der Waals surface area (Å²) in [6, 6.07) is 28.3. The minimum Gasteiger partial charge on any atom is -0.371 e. The zero-order valence-corrected chi connectivity index (χ0v) is 25.2. The second kappa shape index (κ2) is 16.3. The van der Waals surface area contributed by atoms with E-state index in [0.717, 1.165) is 55.6 Å². The van der Waals surface area contributed by atoms with Crippen molar-refractivity contribution in [2.24, 2.45) is 5.92 Å². The highest BCUT2D eigenvalue weighted by atomic mass is 15.2. The van der Waals surface area contributed by atoms with Gasteiger partial charge in [0.25, 0.3) is 5.70 Å². The molecule has 0 saturated carbocycles. The van der Waals surface area contributed by atoms with Gasteiger partial charge in [0.1, 0.15) is 0 Å². The van der Waals surface area contributed by atoms with Gasteiger partial charge in [-0.05, 0) is 60.1 Å². The summed E-state index contributed by atoms with van der Waals surface area (Å²) in [5.41, 5.74) is 5.68. The van der Waals surface area contributed by atoms with E-state index in [2.05, 4.69) is 21.9 Å². The van der Waals surface area contributed by atoms with Crippen LogP contribution in [-0.2, 0) is 0 Å². The molecule has 1 aliphatic heterocycles. The molecule has 2 aromatic rings. The fourth-order valence-electron chi connectivity index (χ4n) is 5.68. The SMILES string of the molecule is [C-]#[N+]C(C#N)=C(C(C#N)=CC=CC1=C(N2CCCC2)C(=CC=CC(C#N)=C(c2ccccc2)C(C#N)C#N)CC1)c1ccccc1. The zero-order valence-electron chi connectivity index (χ0n) is 25.2. The Kier molecular flexibility index (Phi) is 11.4. The molecule has 0 spiro atoms. The molecule has 220 valence electrons. The predicted octanol–water partition coefficient (Wildman–Crippen LogP) is 8.11. The molecule has 1 fully saturated rings. The van der Waals surface area contributed by atoms with Crippen molar-refractivity contribution < 1.29 is 0 Å². The first-order valence-corrected chi connectivity index (χ1v) is 14.8. The van der Waals surface area contributed by atoms with E-state index in [0.29, 0.717) is 22.3 Å². The Bertz CT molecular complexity index is 1910. The van der Waals surface area contributed by atoms with Crippen LogP contribution < -0.4 is 0 Å². The molecule has 0 unspecified atom stereocenters. The van der Waals surface area contributed by atoms with Crippen molar-refractivity contribution in [3.05, 3.63) is 153 Å². The number of hydrogen-bond donors (Lipinski definition) is 0. The molecule has 1 saturated heterocycles. The molecule has 0 radical (unpaired) electrons. The van der Waals surface area contributed by atoms with Gasteiger partial charge < -0.3 is 4.90 Å². The summed E-state index contributed by atoms with van der Waals surface area (Å²) in [6.07, 6.45) is 14.6. The van der Waals surface area contributed by atoms with E-state index >= 15 is 0 Å². The molecule has 0 aromatic heterocycles. The van der Waals surface area contributed by atoms with Crippen molar-refractivity contribution in [3.8, 4) is 30.3 Å². The lowest BCUT2D eigenvalue weighted by Gasteiger charge is -2.22. The maximum Gasteiger partial charge on any atom is 0.270 e. The van der Waals surface area contributed by atoms with Crippen molar-refractivity contribution in [3.63, 3.8) is 0 Å². The second-order valence-electron chi connectivity index (χ2n) is 10.5. The summed E-state index contributed by atoms with van der Waals surface area (Å²) >= 11 is 0. The molecular weight excluding hydrogens is 566 g/mol. The summed E-state index contributed by atoms with van der Waals surface area (Å²) in [5, 5.41) is 48.9. The van der Waals surface area contributed by atoms with Gasteiger partial charge in [-0.25, -0.2) is 10.1 Å². The molecule has 1 heterocycles. The van der Waals surface area contributed by atoms with Crippen LogP contribution in [-0.4, -0.2) is 18.0 Å². The number of likely N-dealkylation sites (tertiary alicyclic amines) is 1. The highest BCUT2D eigenvalue weighted by molar-refractivity contribution is 5.88. The topological polar surface area (TPSA) is 127 Å². The van der Waals surface area contributed by atoms with Gasteiger partial charge in [-0.2, -0.15) is 21.0 Å². The van der Waals surface area contributed by atoms with E-state index in [4.69, 9.17) is 6.57 Å². The average Bonchev–Trinajstić information content (AvgIpc) is 3.78. The van der Waals surface area contributed by atoms with Crippen LogP contribution >= 0.6 is 0 Å². The largest absolute Gasteiger partial charge is 0.371 e. The molecule has 0 bridgehead atoms. The standard InChI is InChI=1S/C39H29N7/c1-45-36(28-44)38(30-14-6-3-7-15-30)34(25-41)19-11-17-32-21-20-31(39(32)46-22-8-9-23-46)16-10-18-33(24-40)37(35(26-42)27-43)29-12-4-2-5-13-29/h2-7,10-19,35H,8-9,20-23H2. The Balaban J connectivity index is 1.73. The highest BCUT2D eigenvalue weighted by Crippen LogP contribution is 2.37. The van der Waals surface area contributed by atoms with Crippen LogP contribution in [0.2, 0.25) is 0 Å². The number of allylic oxidation sites excluding steroid dienone is 13. The summed E-state index contributed by atoms with van der Waals surface area (Å²) in [5.74, 6) is -1.08. The van der Waals surface area contributed by atoms with Gasteiger partial charge in [0.05, 0.1) is 48.1 Å². The Labute approximate surface area is 270 Å². The van der Waals surface area contributed by atoms with Gasteiger partial charge in [0, 0.05) is 29.9 Å².